The summed E-state index contributed by atoms with van der Waals surface area (Å²) in [5, 5.41) is 0. The fourth-order valence-corrected chi connectivity index (χ4v) is 2.68. The van der Waals surface area contributed by atoms with Crippen LogP contribution in [0.2, 0.25) is 0 Å². The second kappa shape index (κ2) is 7.91. The minimum atomic E-state index is -0.365. The Hall–Kier alpha value is -2.16. The van der Waals surface area contributed by atoms with Crippen molar-refractivity contribution in [3.05, 3.63) is 58.2 Å². The lowest BCUT2D eigenvalue weighted by Crippen LogP contribution is -2.21. The van der Waals surface area contributed by atoms with Crippen molar-refractivity contribution in [1.29, 1.82) is 0 Å². The molecule has 3 nitrogen and oxygen atoms in total. The van der Waals surface area contributed by atoms with Gasteiger partial charge in [0.2, 0.25) is 0 Å². The maximum atomic E-state index is 11.8. The van der Waals surface area contributed by atoms with Gasteiger partial charge in [-0.15, -0.1) is 0 Å². The first-order valence-corrected chi connectivity index (χ1v) is 7.71. The molecule has 0 saturated carbocycles. The Labute approximate surface area is 139 Å². The van der Waals surface area contributed by atoms with Crippen molar-refractivity contribution in [3.8, 4) is 0 Å². The number of hydrogen-bond acceptors (Lipinski definition) is 3. The van der Waals surface area contributed by atoms with E-state index in [0.717, 1.165) is 23.8 Å². The Morgan fingerprint density at radius 2 is 1.91 bits per heavy atom. The van der Waals surface area contributed by atoms with Gasteiger partial charge in [-0.1, -0.05) is 30.7 Å². The van der Waals surface area contributed by atoms with E-state index in [-0.39, 0.29) is 11.4 Å². The minimum absolute atomic E-state index is 0.355. The zero-order chi connectivity index (χ0) is 17.6. The summed E-state index contributed by atoms with van der Waals surface area (Å²) in [6.07, 6.45) is 5.74. The van der Waals surface area contributed by atoms with Gasteiger partial charge in [-0.25, -0.2) is 4.79 Å². The van der Waals surface area contributed by atoms with Crippen molar-refractivity contribution < 1.29 is 14.3 Å². The van der Waals surface area contributed by atoms with E-state index < -0.39 is 0 Å². The number of carbonyl (C=O) groups excluding carboxylic acids is 2. The molecule has 0 aliphatic carbocycles. The highest BCUT2D eigenvalue weighted by atomic mass is 16.5. The summed E-state index contributed by atoms with van der Waals surface area (Å²) in [7, 11) is 1.38. The molecule has 0 aliphatic rings. The van der Waals surface area contributed by atoms with Gasteiger partial charge in [-0.05, 0) is 62.9 Å². The number of hydrogen-bond donors (Lipinski definition) is 0. The zero-order valence-electron chi connectivity index (χ0n) is 14.9. The number of aldehydes is 1. The smallest absolute Gasteiger partial charge is 0.337 e. The predicted molar refractivity (Wildman–Crippen MR) is 93.7 cm³/mol. The van der Waals surface area contributed by atoms with Crippen LogP contribution >= 0.6 is 0 Å². The highest BCUT2D eigenvalue weighted by molar-refractivity contribution is 5.89. The molecule has 0 N–H and O–H groups in total. The Bertz CT molecular complexity index is 649. The van der Waals surface area contributed by atoms with Crippen LogP contribution in [0.3, 0.4) is 0 Å². The van der Waals surface area contributed by atoms with E-state index in [4.69, 9.17) is 4.74 Å². The van der Waals surface area contributed by atoms with Gasteiger partial charge in [0.25, 0.3) is 0 Å². The van der Waals surface area contributed by atoms with Gasteiger partial charge < -0.3 is 4.74 Å². The number of ether oxygens (including phenoxy) is 1. The highest BCUT2D eigenvalue weighted by Gasteiger charge is 2.26. The lowest BCUT2D eigenvalue weighted by molar-refractivity contribution is -0.104. The number of esters is 1. The van der Waals surface area contributed by atoms with E-state index in [1.807, 2.05) is 25.1 Å². The van der Waals surface area contributed by atoms with Crippen LogP contribution in [0.1, 0.15) is 55.6 Å². The van der Waals surface area contributed by atoms with Crippen molar-refractivity contribution in [2.45, 2.75) is 46.5 Å². The summed E-state index contributed by atoms with van der Waals surface area (Å²) in [4.78, 5) is 22.9. The van der Waals surface area contributed by atoms with Crippen molar-refractivity contribution >= 4 is 12.3 Å². The molecule has 23 heavy (non-hydrogen) atoms. The van der Waals surface area contributed by atoms with Crippen LogP contribution in [-0.2, 0) is 14.9 Å². The molecule has 1 atom stereocenters. The topological polar surface area (TPSA) is 43.4 Å². The Balaban J connectivity index is 3.50. The largest absolute Gasteiger partial charge is 0.465 e. The molecule has 3 heteroatoms. The van der Waals surface area contributed by atoms with Gasteiger partial charge in [-0.2, -0.15) is 0 Å². The third-order valence-corrected chi connectivity index (χ3v) is 3.94. The third-order valence-electron chi connectivity index (χ3n) is 3.94. The molecule has 0 aliphatic heterocycles. The highest BCUT2D eigenvalue weighted by Crippen LogP contribution is 2.34. The number of carbonyl (C=O) groups is 2. The molecular formula is C20H26O3. The summed E-state index contributed by atoms with van der Waals surface area (Å²) in [5.41, 5.74) is 4.16. The summed E-state index contributed by atoms with van der Waals surface area (Å²) < 4.78 is 4.82. The lowest BCUT2D eigenvalue weighted by atomic mass is 9.75. The number of methoxy groups -OCH3 is 1. The van der Waals surface area contributed by atoms with Gasteiger partial charge in [-0.3, -0.25) is 4.79 Å². The van der Waals surface area contributed by atoms with Crippen LogP contribution in [0.25, 0.3) is 0 Å². The molecule has 0 amide bonds. The average Bonchev–Trinajstić information content (AvgIpc) is 2.52. The average molecular weight is 314 g/mol. The summed E-state index contributed by atoms with van der Waals surface area (Å²) in [6.45, 7) is 10.0. The Morgan fingerprint density at radius 1 is 1.26 bits per heavy atom. The lowest BCUT2D eigenvalue weighted by Gasteiger charge is -2.28. The molecule has 0 spiro atoms. The number of allylic oxidation sites excluding steroid dienone is 4. The van der Waals surface area contributed by atoms with Crippen LogP contribution < -0.4 is 0 Å². The van der Waals surface area contributed by atoms with E-state index in [1.54, 1.807) is 13.0 Å². The number of rotatable bonds is 6. The molecule has 0 radical (unpaired) electrons. The molecule has 1 unspecified atom stereocenters. The van der Waals surface area contributed by atoms with E-state index in [2.05, 4.69) is 26.8 Å². The van der Waals surface area contributed by atoms with Gasteiger partial charge >= 0.3 is 5.97 Å². The van der Waals surface area contributed by atoms with E-state index in [1.165, 1.54) is 12.7 Å². The molecule has 1 rings (SSSR count). The molecule has 0 saturated heterocycles. The molecule has 0 aromatic heterocycles. The van der Waals surface area contributed by atoms with Crippen molar-refractivity contribution in [2.75, 3.05) is 7.11 Å². The van der Waals surface area contributed by atoms with Crippen LogP contribution in [0.4, 0.5) is 0 Å². The molecule has 1 aromatic rings. The second-order valence-corrected chi connectivity index (χ2v) is 6.43. The van der Waals surface area contributed by atoms with Crippen molar-refractivity contribution in [1.82, 2.24) is 0 Å². The monoisotopic (exact) mass is 314 g/mol. The van der Waals surface area contributed by atoms with Crippen LogP contribution in [-0.4, -0.2) is 19.4 Å². The van der Waals surface area contributed by atoms with Gasteiger partial charge in [0.1, 0.15) is 6.29 Å². The Morgan fingerprint density at radius 3 is 2.43 bits per heavy atom. The van der Waals surface area contributed by atoms with E-state index in [9.17, 15) is 9.59 Å². The first-order valence-electron chi connectivity index (χ1n) is 7.71. The fourth-order valence-electron chi connectivity index (χ4n) is 2.68. The first-order chi connectivity index (χ1) is 10.7. The quantitative estimate of drug-likeness (QED) is 0.335. The van der Waals surface area contributed by atoms with Gasteiger partial charge in [0.05, 0.1) is 12.7 Å². The van der Waals surface area contributed by atoms with Crippen molar-refractivity contribution in [2.24, 2.45) is 0 Å². The maximum Gasteiger partial charge on any atom is 0.337 e. The normalized spacial score (nSPS) is 13.9. The van der Waals surface area contributed by atoms with E-state index >= 15 is 0 Å². The first kappa shape index (κ1) is 18.9. The third kappa shape index (κ3) is 4.92. The SMILES string of the molecule is COC(=O)c1ccc(C)c(C(C)(/C=C(\C)C=O)CC=C(C)C)c1. The predicted octanol–water partition coefficient (Wildman–Crippen LogP) is 4.54. The molecule has 124 valence electrons. The molecule has 0 bridgehead atoms. The number of benzene rings is 1. The van der Waals surface area contributed by atoms with Gasteiger partial charge in [0, 0.05) is 5.41 Å². The minimum Gasteiger partial charge on any atom is -0.465 e. The molecule has 0 heterocycles. The summed E-state index contributed by atoms with van der Waals surface area (Å²) in [6, 6.07) is 5.56. The standard InChI is InChI=1S/C20H26O3/c1-14(2)9-10-20(5,12-15(3)13-21)18-11-17(19(22)23-6)8-7-16(18)4/h7-9,11-13H,10H2,1-6H3/b15-12+. The van der Waals surface area contributed by atoms with E-state index in [0.29, 0.717) is 11.1 Å². The zero-order valence-corrected chi connectivity index (χ0v) is 14.9. The second-order valence-electron chi connectivity index (χ2n) is 6.43. The summed E-state index contributed by atoms with van der Waals surface area (Å²) >= 11 is 0. The van der Waals surface area contributed by atoms with Crippen LogP contribution in [0.15, 0.2) is 41.5 Å². The van der Waals surface area contributed by atoms with Crippen LogP contribution in [0.5, 0.6) is 0 Å². The van der Waals surface area contributed by atoms with Crippen LogP contribution in [0, 0.1) is 6.92 Å². The number of aryl methyl sites for hydroxylation is 1. The van der Waals surface area contributed by atoms with Crippen molar-refractivity contribution in [3.63, 3.8) is 0 Å². The Kier molecular flexibility index (Phi) is 6.49. The fraction of sp³-hybridized carbons (Fsp3) is 0.400. The summed E-state index contributed by atoms with van der Waals surface area (Å²) in [5.74, 6) is -0.355. The molecule has 0 fully saturated rings. The van der Waals surface area contributed by atoms with Gasteiger partial charge in [0.15, 0.2) is 0 Å². The molecule has 1 aromatic carbocycles. The molecular weight excluding hydrogens is 288 g/mol. The maximum absolute atomic E-state index is 11.8.